The van der Waals surface area contributed by atoms with Gasteiger partial charge < -0.3 is 15.0 Å². The van der Waals surface area contributed by atoms with Crippen LogP contribution >= 0.6 is 0 Å². The predicted octanol–water partition coefficient (Wildman–Crippen LogP) is 1.87. The van der Waals surface area contributed by atoms with Crippen LogP contribution < -0.4 is 5.32 Å². The molecule has 3 heterocycles. The molecule has 3 atom stereocenters. The lowest BCUT2D eigenvalue weighted by atomic mass is 9.93. The van der Waals surface area contributed by atoms with Gasteiger partial charge in [-0.2, -0.15) is 0 Å². The second kappa shape index (κ2) is 8.63. The van der Waals surface area contributed by atoms with E-state index in [4.69, 9.17) is 4.74 Å². The summed E-state index contributed by atoms with van der Waals surface area (Å²) in [7, 11) is 0. The highest BCUT2D eigenvalue weighted by atomic mass is 16.5. The molecule has 1 N–H and O–H groups in total. The molecule has 0 aromatic heterocycles. The largest absolute Gasteiger partial charge is 0.373 e. The first-order valence-electron chi connectivity index (χ1n) is 10.00. The predicted molar refractivity (Wildman–Crippen MR) is 96.0 cm³/mol. The minimum Gasteiger partial charge on any atom is -0.373 e. The van der Waals surface area contributed by atoms with E-state index in [1.165, 1.54) is 25.7 Å². The number of hydrogen-bond acceptors (Lipinski definition) is 4. The summed E-state index contributed by atoms with van der Waals surface area (Å²) in [5.74, 6) is 1.14. The molecule has 3 fully saturated rings. The van der Waals surface area contributed by atoms with Crippen LogP contribution in [0.1, 0.15) is 52.4 Å². The Morgan fingerprint density at radius 2 is 1.83 bits per heavy atom. The lowest BCUT2D eigenvalue weighted by Gasteiger charge is -2.38. The Hall–Kier alpha value is -0.650. The molecule has 3 aliphatic heterocycles. The Morgan fingerprint density at radius 1 is 1.12 bits per heavy atom. The van der Waals surface area contributed by atoms with Gasteiger partial charge in [-0.15, -0.1) is 0 Å². The number of carbonyl (C=O) groups excluding carboxylic acids is 1. The summed E-state index contributed by atoms with van der Waals surface area (Å²) in [6, 6.07) is 0.419. The molecule has 3 saturated heterocycles. The third kappa shape index (κ3) is 4.93. The number of amides is 1. The van der Waals surface area contributed by atoms with Crippen molar-refractivity contribution in [3.63, 3.8) is 0 Å². The Bertz CT molecular complexity index is 401. The van der Waals surface area contributed by atoms with Crippen LogP contribution in [0.5, 0.6) is 0 Å². The maximum atomic E-state index is 12.7. The maximum Gasteiger partial charge on any atom is 0.222 e. The number of likely N-dealkylation sites (tertiary alicyclic amines) is 1. The molecular weight excluding hydrogens is 302 g/mol. The second-order valence-corrected chi connectivity index (χ2v) is 8.09. The van der Waals surface area contributed by atoms with Crippen molar-refractivity contribution in [2.75, 3.05) is 39.3 Å². The van der Waals surface area contributed by atoms with E-state index in [9.17, 15) is 4.79 Å². The summed E-state index contributed by atoms with van der Waals surface area (Å²) in [6.45, 7) is 10.5. The van der Waals surface area contributed by atoms with Crippen LogP contribution in [0.25, 0.3) is 0 Å². The first-order valence-corrected chi connectivity index (χ1v) is 10.00. The molecule has 0 aromatic rings. The van der Waals surface area contributed by atoms with Crippen LogP contribution in [0, 0.1) is 5.92 Å². The van der Waals surface area contributed by atoms with Gasteiger partial charge in [0.2, 0.25) is 5.91 Å². The van der Waals surface area contributed by atoms with Gasteiger partial charge in [-0.3, -0.25) is 9.69 Å². The number of nitrogens with one attached hydrogen (secondary N) is 1. The topological polar surface area (TPSA) is 44.8 Å². The zero-order chi connectivity index (χ0) is 16.9. The number of morpholine rings is 1. The minimum absolute atomic E-state index is 0.305. The van der Waals surface area contributed by atoms with Crippen molar-refractivity contribution in [2.24, 2.45) is 5.92 Å². The molecule has 3 aliphatic rings. The van der Waals surface area contributed by atoms with E-state index in [1.807, 2.05) is 0 Å². The van der Waals surface area contributed by atoms with E-state index < -0.39 is 0 Å². The fraction of sp³-hybridized carbons (Fsp3) is 0.947. The molecule has 0 bridgehead atoms. The quantitative estimate of drug-likeness (QED) is 0.832. The van der Waals surface area contributed by atoms with E-state index in [2.05, 4.69) is 29.0 Å². The van der Waals surface area contributed by atoms with Gasteiger partial charge in [0.05, 0.1) is 12.2 Å². The van der Waals surface area contributed by atoms with Gasteiger partial charge in [0.25, 0.3) is 0 Å². The number of piperidine rings is 1. The van der Waals surface area contributed by atoms with Gasteiger partial charge in [-0.05, 0) is 65.0 Å². The molecule has 0 aromatic carbocycles. The summed E-state index contributed by atoms with van der Waals surface area (Å²) in [6.07, 6.45) is 7.24. The summed E-state index contributed by atoms with van der Waals surface area (Å²) >= 11 is 0. The highest BCUT2D eigenvalue weighted by molar-refractivity contribution is 5.76. The maximum absolute atomic E-state index is 12.7. The van der Waals surface area contributed by atoms with Crippen LogP contribution in [0.2, 0.25) is 0 Å². The van der Waals surface area contributed by atoms with E-state index >= 15 is 0 Å². The molecule has 3 rings (SSSR count). The van der Waals surface area contributed by atoms with Crippen molar-refractivity contribution in [3.8, 4) is 0 Å². The standard InChI is InChI=1S/C19H35N3O2/c1-15-12-21(13-16(2)24-15)14-18-4-3-11-22(18)19(23)6-5-17-7-9-20-10-8-17/h15-18,20H,3-14H2,1-2H3. The Balaban J connectivity index is 1.46. The number of hydrogen-bond donors (Lipinski definition) is 1. The van der Waals surface area contributed by atoms with Gasteiger partial charge >= 0.3 is 0 Å². The van der Waals surface area contributed by atoms with Crippen molar-refractivity contribution >= 4 is 5.91 Å². The number of ether oxygens (including phenoxy) is 1. The van der Waals surface area contributed by atoms with Crippen LogP contribution in [-0.2, 0) is 9.53 Å². The molecule has 0 spiro atoms. The highest BCUT2D eigenvalue weighted by Crippen LogP contribution is 2.24. The molecule has 5 nitrogen and oxygen atoms in total. The normalized spacial score (nSPS) is 33.1. The van der Waals surface area contributed by atoms with Gasteiger partial charge in [0, 0.05) is 38.6 Å². The van der Waals surface area contributed by atoms with Crippen molar-refractivity contribution in [1.29, 1.82) is 0 Å². The van der Waals surface area contributed by atoms with E-state index in [1.54, 1.807) is 0 Å². The first-order chi connectivity index (χ1) is 11.6. The van der Waals surface area contributed by atoms with E-state index in [0.29, 0.717) is 24.2 Å². The smallest absolute Gasteiger partial charge is 0.222 e. The second-order valence-electron chi connectivity index (χ2n) is 8.09. The summed E-state index contributed by atoms with van der Waals surface area (Å²) < 4.78 is 5.83. The molecule has 0 radical (unpaired) electrons. The van der Waals surface area contributed by atoms with Crippen LogP contribution in [0.15, 0.2) is 0 Å². The third-order valence-corrected chi connectivity index (χ3v) is 5.89. The van der Waals surface area contributed by atoms with E-state index in [-0.39, 0.29) is 0 Å². The fourth-order valence-corrected chi connectivity index (χ4v) is 4.73. The van der Waals surface area contributed by atoms with Crippen molar-refractivity contribution in [3.05, 3.63) is 0 Å². The lowest BCUT2D eigenvalue weighted by Crippen LogP contribution is -2.51. The molecule has 24 heavy (non-hydrogen) atoms. The Labute approximate surface area is 147 Å². The lowest BCUT2D eigenvalue weighted by molar-refractivity contribution is -0.133. The molecular formula is C19H35N3O2. The third-order valence-electron chi connectivity index (χ3n) is 5.89. The monoisotopic (exact) mass is 337 g/mol. The average Bonchev–Trinajstić information content (AvgIpc) is 3.01. The fourth-order valence-electron chi connectivity index (χ4n) is 4.73. The van der Waals surface area contributed by atoms with Crippen molar-refractivity contribution in [2.45, 2.75) is 70.6 Å². The molecule has 0 aliphatic carbocycles. The minimum atomic E-state index is 0.305. The average molecular weight is 338 g/mol. The SMILES string of the molecule is CC1CN(CC2CCCN2C(=O)CCC2CCNCC2)CC(C)O1. The van der Waals surface area contributed by atoms with Gasteiger partial charge in [0.1, 0.15) is 0 Å². The zero-order valence-corrected chi connectivity index (χ0v) is 15.5. The number of carbonyl (C=O) groups is 1. The number of rotatable bonds is 5. The van der Waals surface area contributed by atoms with Crippen molar-refractivity contribution < 1.29 is 9.53 Å². The van der Waals surface area contributed by atoms with Gasteiger partial charge in [-0.1, -0.05) is 0 Å². The van der Waals surface area contributed by atoms with Gasteiger partial charge in [0.15, 0.2) is 0 Å². The van der Waals surface area contributed by atoms with Crippen LogP contribution in [0.3, 0.4) is 0 Å². The van der Waals surface area contributed by atoms with Gasteiger partial charge in [-0.25, -0.2) is 0 Å². The van der Waals surface area contributed by atoms with E-state index in [0.717, 1.165) is 58.0 Å². The molecule has 5 heteroatoms. The molecule has 1 amide bonds. The first kappa shape index (κ1) is 18.2. The summed E-state index contributed by atoms with van der Waals surface area (Å²) in [5.41, 5.74) is 0. The van der Waals surface area contributed by atoms with Crippen molar-refractivity contribution in [1.82, 2.24) is 15.1 Å². The molecule has 138 valence electrons. The van der Waals surface area contributed by atoms with Crippen LogP contribution in [0.4, 0.5) is 0 Å². The molecule has 0 saturated carbocycles. The Morgan fingerprint density at radius 3 is 2.54 bits per heavy atom. The highest BCUT2D eigenvalue weighted by Gasteiger charge is 2.32. The summed E-state index contributed by atoms with van der Waals surface area (Å²) in [4.78, 5) is 17.4. The summed E-state index contributed by atoms with van der Waals surface area (Å²) in [5, 5.41) is 3.41. The number of nitrogens with zero attached hydrogens (tertiary/aromatic N) is 2. The Kier molecular flexibility index (Phi) is 6.53. The zero-order valence-electron chi connectivity index (χ0n) is 15.5. The van der Waals surface area contributed by atoms with Crippen LogP contribution in [-0.4, -0.2) is 73.2 Å². The molecule has 3 unspecified atom stereocenters.